The molecule has 3 atom stereocenters. The van der Waals surface area contributed by atoms with Crippen molar-refractivity contribution in [2.75, 3.05) is 0 Å². The standard InChI is InChI=1S/C14H23N3/c1-9-5-4-6-12(7-9)14(15)13-8-10(2)16-17-11(13)3/h8-9,12,14H,4-7,15H2,1-3H3. The van der Waals surface area contributed by atoms with Gasteiger partial charge in [-0.05, 0) is 50.2 Å². The van der Waals surface area contributed by atoms with Gasteiger partial charge in [0.25, 0.3) is 0 Å². The molecule has 0 saturated heterocycles. The molecule has 94 valence electrons. The molecule has 0 radical (unpaired) electrons. The van der Waals surface area contributed by atoms with Crippen molar-refractivity contribution in [3.63, 3.8) is 0 Å². The summed E-state index contributed by atoms with van der Waals surface area (Å²) in [5.41, 5.74) is 9.58. The highest BCUT2D eigenvalue weighted by Gasteiger charge is 2.26. The van der Waals surface area contributed by atoms with Gasteiger partial charge in [-0.3, -0.25) is 0 Å². The van der Waals surface area contributed by atoms with Gasteiger partial charge in [-0.25, -0.2) is 0 Å². The average molecular weight is 233 g/mol. The second kappa shape index (κ2) is 5.13. The molecule has 1 aliphatic rings. The summed E-state index contributed by atoms with van der Waals surface area (Å²) in [5.74, 6) is 1.43. The van der Waals surface area contributed by atoms with E-state index in [9.17, 15) is 0 Å². The lowest BCUT2D eigenvalue weighted by Crippen LogP contribution is -2.27. The Kier molecular flexibility index (Phi) is 3.77. The zero-order valence-electron chi connectivity index (χ0n) is 11.1. The number of nitrogens with two attached hydrogens (primary N) is 1. The molecule has 0 aromatic carbocycles. The van der Waals surface area contributed by atoms with E-state index in [1.54, 1.807) is 0 Å². The Morgan fingerprint density at radius 3 is 2.76 bits per heavy atom. The van der Waals surface area contributed by atoms with Crippen LogP contribution >= 0.6 is 0 Å². The van der Waals surface area contributed by atoms with Crippen LogP contribution in [0.15, 0.2) is 6.07 Å². The maximum atomic E-state index is 6.43. The summed E-state index contributed by atoms with van der Waals surface area (Å²) < 4.78 is 0. The maximum Gasteiger partial charge on any atom is 0.0648 e. The molecule has 2 N–H and O–H groups in total. The van der Waals surface area contributed by atoms with Gasteiger partial charge in [0, 0.05) is 6.04 Å². The van der Waals surface area contributed by atoms with Gasteiger partial charge in [0.2, 0.25) is 0 Å². The molecule has 0 spiro atoms. The Balaban J connectivity index is 2.18. The van der Waals surface area contributed by atoms with Crippen molar-refractivity contribution in [3.05, 3.63) is 23.0 Å². The summed E-state index contributed by atoms with van der Waals surface area (Å²) in [5, 5.41) is 8.26. The lowest BCUT2D eigenvalue weighted by molar-refractivity contribution is 0.247. The molecule has 1 saturated carbocycles. The number of aryl methyl sites for hydroxylation is 2. The maximum absolute atomic E-state index is 6.43. The topological polar surface area (TPSA) is 51.8 Å². The van der Waals surface area contributed by atoms with Crippen LogP contribution in [0, 0.1) is 25.7 Å². The lowest BCUT2D eigenvalue weighted by atomic mass is 9.77. The molecule has 0 bridgehead atoms. The van der Waals surface area contributed by atoms with Gasteiger partial charge in [-0.15, -0.1) is 0 Å². The van der Waals surface area contributed by atoms with Crippen LogP contribution in [-0.4, -0.2) is 10.2 Å². The van der Waals surface area contributed by atoms with Crippen LogP contribution in [0.25, 0.3) is 0 Å². The summed E-state index contributed by atoms with van der Waals surface area (Å²) in [6, 6.07) is 2.23. The van der Waals surface area contributed by atoms with Crippen molar-refractivity contribution in [2.45, 2.75) is 52.5 Å². The first-order chi connectivity index (χ1) is 8.08. The molecule has 1 aromatic heterocycles. The quantitative estimate of drug-likeness (QED) is 0.854. The molecule has 0 aliphatic heterocycles. The van der Waals surface area contributed by atoms with Crippen molar-refractivity contribution in [1.82, 2.24) is 10.2 Å². The average Bonchev–Trinajstić information content (AvgIpc) is 2.31. The summed E-state index contributed by atoms with van der Waals surface area (Å²) in [4.78, 5) is 0. The van der Waals surface area contributed by atoms with Gasteiger partial charge >= 0.3 is 0 Å². The van der Waals surface area contributed by atoms with Gasteiger partial charge in [0.1, 0.15) is 0 Å². The van der Waals surface area contributed by atoms with E-state index in [0.29, 0.717) is 5.92 Å². The molecule has 17 heavy (non-hydrogen) atoms. The van der Waals surface area contributed by atoms with E-state index in [0.717, 1.165) is 17.3 Å². The first-order valence-electron chi connectivity index (χ1n) is 6.64. The van der Waals surface area contributed by atoms with E-state index in [-0.39, 0.29) is 6.04 Å². The van der Waals surface area contributed by atoms with Gasteiger partial charge in [0.05, 0.1) is 11.4 Å². The fourth-order valence-corrected chi connectivity index (χ4v) is 2.97. The SMILES string of the molecule is Cc1cc(C(N)C2CCCC(C)C2)c(C)nn1. The second-order valence-electron chi connectivity index (χ2n) is 5.58. The van der Waals surface area contributed by atoms with Crippen LogP contribution in [0.4, 0.5) is 0 Å². The predicted octanol–water partition coefficient (Wildman–Crippen LogP) is 2.92. The van der Waals surface area contributed by atoms with Crippen molar-refractivity contribution in [1.29, 1.82) is 0 Å². The van der Waals surface area contributed by atoms with E-state index in [2.05, 4.69) is 23.2 Å². The van der Waals surface area contributed by atoms with Crippen molar-refractivity contribution in [2.24, 2.45) is 17.6 Å². The Morgan fingerprint density at radius 2 is 2.06 bits per heavy atom. The Bertz CT molecular complexity index is 389. The van der Waals surface area contributed by atoms with Crippen LogP contribution in [-0.2, 0) is 0 Å². The van der Waals surface area contributed by atoms with Crippen LogP contribution < -0.4 is 5.73 Å². The molecule has 2 rings (SSSR count). The van der Waals surface area contributed by atoms with Crippen molar-refractivity contribution >= 4 is 0 Å². The van der Waals surface area contributed by atoms with Crippen LogP contribution in [0.3, 0.4) is 0 Å². The normalized spacial score (nSPS) is 26.8. The molecule has 0 amide bonds. The summed E-state index contributed by atoms with van der Waals surface area (Å²) in [6.07, 6.45) is 5.18. The van der Waals surface area contributed by atoms with Crippen molar-refractivity contribution in [3.8, 4) is 0 Å². The third-order valence-electron chi connectivity index (χ3n) is 3.98. The third-order valence-corrected chi connectivity index (χ3v) is 3.98. The highest BCUT2D eigenvalue weighted by molar-refractivity contribution is 5.24. The minimum Gasteiger partial charge on any atom is -0.324 e. The summed E-state index contributed by atoms with van der Waals surface area (Å²) in [7, 11) is 0. The Morgan fingerprint density at radius 1 is 1.29 bits per heavy atom. The van der Waals surface area contributed by atoms with E-state index in [1.807, 2.05) is 13.8 Å². The van der Waals surface area contributed by atoms with Gasteiger partial charge in [-0.2, -0.15) is 10.2 Å². The Hall–Kier alpha value is -0.960. The van der Waals surface area contributed by atoms with Crippen LogP contribution in [0.1, 0.15) is 55.6 Å². The second-order valence-corrected chi connectivity index (χ2v) is 5.58. The van der Waals surface area contributed by atoms with Gasteiger partial charge in [-0.1, -0.05) is 19.8 Å². The molecule has 3 nitrogen and oxygen atoms in total. The lowest BCUT2D eigenvalue weighted by Gasteiger charge is -2.31. The molecule has 1 aliphatic carbocycles. The molecule has 1 fully saturated rings. The molecule has 1 aromatic rings. The zero-order chi connectivity index (χ0) is 12.4. The molecule has 1 heterocycles. The fraction of sp³-hybridized carbons (Fsp3) is 0.714. The minimum absolute atomic E-state index is 0.131. The first-order valence-corrected chi connectivity index (χ1v) is 6.64. The van der Waals surface area contributed by atoms with E-state index >= 15 is 0 Å². The number of aromatic nitrogens is 2. The number of hydrogen-bond donors (Lipinski definition) is 1. The zero-order valence-corrected chi connectivity index (χ0v) is 11.1. The van der Waals surface area contributed by atoms with Crippen LogP contribution in [0.5, 0.6) is 0 Å². The van der Waals surface area contributed by atoms with E-state index < -0.39 is 0 Å². The summed E-state index contributed by atoms with van der Waals surface area (Å²) in [6.45, 7) is 6.32. The molecule has 3 unspecified atom stereocenters. The minimum atomic E-state index is 0.131. The molecule has 3 heteroatoms. The van der Waals surface area contributed by atoms with Crippen LogP contribution in [0.2, 0.25) is 0 Å². The smallest absolute Gasteiger partial charge is 0.0648 e. The third kappa shape index (κ3) is 2.83. The van der Waals surface area contributed by atoms with Gasteiger partial charge < -0.3 is 5.73 Å². The van der Waals surface area contributed by atoms with Crippen molar-refractivity contribution < 1.29 is 0 Å². The Labute approximate surface area is 104 Å². The monoisotopic (exact) mass is 233 g/mol. The largest absolute Gasteiger partial charge is 0.324 e. The molecular formula is C14H23N3. The molecular weight excluding hydrogens is 210 g/mol. The van der Waals surface area contributed by atoms with Gasteiger partial charge in [0.15, 0.2) is 0 Å². The highest BCUT2D eigenvalue weighted by atomic mass is 15.1. The highest BCUT2D eigenvalue weighted by Crippen LogP contribution is 2.36. The predicted molar refractivity (Wildman–Crippen MR) is 69.6 cm³/mol. The fourth-order valence-electron chi connectivity index (χ4n) is 2.97. The number of nitrogens with zero attached hydrogens (tertiary/aromatic N) is 2. The first kappa shape index (κ1) is 12.5. The van der Waals surface area contributed by atoms with E-state index in [4.69, 9.17) is 5.73 Å². The van der Waals surface area contributed by atoms with E-state index in [1.165, 1.54) is 31.2 Å². The number of hydrogen-bond acceptors (Lipinski definition) is 3. The number of rotatable bonds is 2. The summed E-state index contributed by atoms with van der Waals surface area (Å²) >= 11 is 0.